The van der Waals surface area contributed by atoms with Crippen LogP contribution in [0.5, 0.6) is 0 Å². The Hall–Kier alpha value is -4.26. The van der Waals surface area contributed by atoms with Crippen molar-refractivity contribution in [2.75, 3.05) is 11.9 Å². The molecular formula is C23H19F3N6O. The summed E-state index contributed by atoms with van der Waals surface area (Å²) in [5.74, 6) is 6.84. The van der Waals surface area contributed by atoms with Crippen LogP contribution >= 0.6 is 0 Å². The summed E-state index contributed by atoms with van der Waals surface area (Å²) in [7, 11) is 0. The number of benzene rings is 1. The highest BCUT2D eigenvalue weighted by atomic mass is 19.4. The van der Waals surface area contributed by atoms with Gasteiger partial charge in [-0.25, -0.2) is 14.8 Å². The molecule has 0 fully saturated rings. The molecule has 33 heavy (non-hydrogen) atoms. The Labute approximate surface area is 187 Å². The first-order valence-corrected chi connectivity index (χ1v) is 10.0. The Morgan fingerprint density at radius 1 is 1.12 bits per heavy atom. The summed E-state index contributed by atoms with van der Waals surface area (Å²) in [4.78, 5) is 20.4. The van der Waals surface area contributed by atoms with Gasteiger partial charge in [0.2, 0.25) is 0 Å². The van der Waals surface area contributed by atoms with Crippen LogP contribution in [0.2, 0.25) is 0 Å². The van der Waals surface area contributed by atoms with Gasteiger partial charge in [0.05, 0.1) is 11.9 Å². The molecule has 4 rings (SSSR count). The molecule has 0 atom stereocenters. The Morgan fingerprint density at radius 2 is 1.97 bits per heavy atom. The second-order valence-corrected chi connectivity index (χ2v) is 7.08. The maximum absolute atomic E-state index is 12.3. The van der Waals surface area contributed by atoms with Crippen LogP contribution in [0, 0.1) is 11.8 Å². The van der Waals surface area contributed by atoms with Crippen molar-refractivity contribution in [3.05, 3.63) is 72.6 Å². The molecule has 1 aromatic carbocycles. The molecule has 0 radical (unpaired) electrons. The van der Waals surface area contributed by atoms with Gasteiger partial charge in [-0.05, 0) is 37.1 Å². The molecule has 0 spiro atoms. The largest absolute Gasteiger partial charge is 0.405 e. The third-order valence-corrected chi connectivity index (χ3v) is 4.75. The van der Waals surface area contributed by atoms with Gasteiger partial charge >= 0.3 is 12.2 Å². The number of pyridine rings is 1. The number of aryl methyl sites for hydroxylation is 1. The number of carbonyl (C=O) groups is 1. The predicted octanol–water partition coefficient (Wildman–Crippen LogP) is 4.30. The second-order valence-electron chi connectivity index (χ2n) is 7.08. The molecule has 0 aliphatic carbocycles. The van der Waals surface area contributed by atoms with E-state index in [1.165, 1.54) is 0 Å². The highest BCUT2D eigenvalue weighted by molar-refractivity contribution is 5.90. The summed E-state index contributed by atoms with van der Waals surface area (Å²) in [6.07, 6.45) is 2.62. The Morgan fingerprint density at radius 3 is 2.76 bits per heavy atom. The van der Waals surface area contributed by atoms with Crippen LogP contribution in [0.4, 0.5) is 23.7 Å². The first-order chi connectivity index (χ1) is 15.8. The molecule has 0 saturated carbocycles. The third-order valence-electron chi connectivity index (χ3n) is 4.75. The zero-order valence-corrected chi connectivity index (χ0v) is 17.5. The first-order valence-electron chi connectivity index (χ1n) is 10.0. The Kier molecular flexibility index (Phi) is 6.04. The number of urea groups is 1. The molecule has 3 heterocycles. The molecule has 2 amide bonds. The zero-order chi connectivity index (χ0) is 23.4. The van der Waals surface area contributed by atoms with Crippen molar-refractivity contribution in [1.29, 1.82) is 0 Å². The lowest BCUT2D eigenvalue weighted by atomic mass is 10.1. The molecule has 7 nitrogen and oxygen atoms in total. The molecule has 2 N–H and O–H groups in total. The van der Waals surface area contributed by atoms with E-state index in [0.717, 1.165) is 23.4 Å². The number of nitrogens with one attached hydrogen (secondary N) is 2. The maximum atomic E-state index is 12.3. The maximum Gasteiger partial charge on any atom is 0.405 e. The van der Waals surface area contributed by atoms with Gasteiger partial charge in [0.25, 0.3) is 0 Å². The number of alkyl halides is 3. The van der Waals surface area contributed by atoms with Crippen LogP contribution in [0.15, 0.2) is 61.2 Å². The van der Waals surface area contributed by atoms with Crippen molar-refractivity contribution in [2.24, 2.45) is 0 Å². The van der Waals surface area contributed by atoms with Crippen LogP contribution in [-0.4, -0.2) is 37.7 Å². The average Bonchev–Trinajstić information content (AvgIpc) is 3.42. The number of imidazole rings is 2. The van der Waals surface area contributed by atoms with E-state index < -0.39 is 18.8 Å². The van der Waals surface area contributed by atoms with Crippen LogP contribution in [-0.2, 0) is 6.54 Å². The minimum atomic E-state index is -4.48. The molecule has 10 heteroatoms. The number of amides is 2. The van der Waals surface area contributed by atoms with E-state index in [1.807, 2.05) is 46.5 Å². The van der Waals surface area contributed by atoms with Gasteiger partial charge in [0.1, 0.15) is 12.2 Å². The molecule has 4 aromatic rings. The molecule has 0 aliphatic rings. The molecule has 3 aromatic heterocycles. The fraction of sp³-hybridized carbons (Fsp3) is 0.174. The number of aromatic nitrogens is 4. The highest BCUT2D eigenvalue weighted by Gasteiger charge is 2.27. The Balaban J connectivity index is 1.54. The van der Waals surface area contributed by atoms with E-state index >= 15 is 0 Å². The molecule has 0 saturated heterocycles. The van der Waals surface area contributed by atoms with E-state index in [-0.39, 0.29) is 0 Å². The average molecular weight is 452 g/mol. The van der Waals surface area contributed by atoms with Crippen LogP contribution < -0.4 is 10.6 Å². The van der Waals surface area contributed by atoms with Crippen LogP contribution in [0.1, 0.15) is 18.3 Å². The molecule has 0 aliphatic heterocycles. The van der Waals surface area contributed by atoms with Crippen LogP contribution in [0.25, 0.3) is 16.9 Å². The summed E-state index contributed by atoms with van der Waals surface area (Å²) in [6.45, 7) is 1.40. The second kappa shape index (κ2) is 9.08. The number of fused-ring (bicyclic) bond motifs is 1. The van der Waals surface area contributed by atoms with Gasteiger partial charge < -0.3 is 15.2 Å². The standard InChI is InChI=1S/C23H19F3N6O/c1-2-31-11-9-27-20(31)7-6-16-8-10-32-19(14-28-21(32)12-16)17-4-3-5-18(13-17)30-22(33)29-15-23(24,25)26/h3-5,8-14H,2,15H2,1H3,(H2,29,30,33). The number of rotatable bonds is 4. The van der Waals surface area contributed by atoms with Gasteiger partial charge in [0, 0.05) is 41.9 Å². The van der Waals surface area contributed by atoms with Gasteiger partial charge in [-0.3, -0.25) is 4.40 Å². The summed E-state index contributed by atoms with van der Waals surface area (Å²) >= 11 is 0. The summed E-state index contributed by atoms with van der Waals surface area (Å²) in [5, 5.41) is 4.19. The SMILES string of the molecule is CCn1ccnc1C#Cc1ccn2c(-c3cccc(NC(=O)NCC(F)(F)F)c3)cnc2c1. The summed E-state index contributed by atoms with van der Waals surface area (Å²) in [5.41, 5.74) is 3.31. The lowest BCUT2D eigenvalue weighted by Crippen LogP contribution is -2.36. The topological polar surface area (TPSA) is 76.2 Å². The van der Waals surface area contributed by atoms with Crippen LogP contribution in [0.3, 0.4) is 0 Å². The number of hydrogen-bond donors (Lipinski definition) is 2. The fourth-order valence-electron chi connectivity index (χ4n) is 3.20. The number of nitrogens with zero attached hydrogens (tertiary/aromatic N) is 4. The molecule has 168 valence electrons. The third kappa shape index (κ3) is 5.33. The monoisotopic (exact) mass is 452 g/mol. The number of anilines is 1. The number of carbonyl (C=O) groups excluding carboxylic acids is 1. The molecule has 0 bridgehead atoms. The summed E-state index contributed by atoms with van der Waals surface area (Å²) < 4.78 is 40.6. The lowest BCUT2D eigenvalue weighted by Gasteiger charge is -2.10. The summed E-state index contributed by atoms with van der Waals surface area (Å²) in [6, 6.07) is 9.54. The van der Waals surface area contributed by atoms with Crippen molar-refractivity contribution < 1.29 is 18.0 Å². The number of hydrogen-bond acceptors (Lipinski definition) is 3. The smallest absolute Gasteiger partial charge is 0.329 e. The van der Waals surface area contributed by atoms with Crippen molar-refractivity contribution >= 4 is 17.4 Å². The normalized spacial score (nSPS) is 11.2. The van der Waals surface area contributed by atoms with Gasteiger partial charge in [-0.1, -0.05) is 18.1 Å². The highest BCUT2D eigenvalue weighted by Crippen LogP contribution is 2.24. The van der Waals surface area contributed by atoms with Crippen molar-refractivity contribution in [2.45, 2.75) is 19.6 Å². The van der Waals surface area contributed by atoms with Gasteiger partial charge in [-0.15, -0.1) is 0 Å². The van der Waals surface area contributed by atoms with E-state index in [2.05, 4.69) is 27.1 Å². The predicted molar refractivity (Wildman–Crippen MR) is 118 cm³/mol. The van der Waals surface area contributed by atoms with Gasteiger partial charge in [-0.2, -0.15) is 13.2 Å². The fourth-order valence-corrected chi connectivity index (χ4v) is 3.20. The minimum absolute atomic E-state index is 0.357. The van der Waals surface area contributed by atoms with Crippen molar-refractivity contribution in [3.8, 4) is 23.1 Å². The van der Waals surface area contributed by atoms with E-state index in [0.29, 0.717) is 17.2 Å². The molecular weight excluding hydrogens is 433 g/mol. The van der Waals surface area contributed by atoms with E-state index in [9.17, 15) is 18.0 Å². The Bertz CT molecular complexity index is 1360. The van der Waals surface area contributed by atoms with Crippen molar-refractivity contribution in [3.63, 3.8) is 0 Å². The number of halogens is 3. The zero-order valence-electron chi connectivity index (χ0n) is 17.5. The quantitative estimate of drug-likeness (QED) is 0.454. The lowest BCUT2D eigenvalue weighted by molar-refractivity contribution is -0.122. The van der Waals surface area contributed by atoms with Gasteiger partial charge in [0.15, 0.2) is 5.82 Å². The van der Waals surface area contributed by atoms with E-state index in [4.69, 9.17) is 0 Å². The molecule has 0 unspecified atom stereocenters. The minimum Gasteiger partial charge on any atom is -0.329 e. The first kappa shape index (κ1) is 22.0. The van der Waals surface area contributed by atoms with E-state index in [1.54, 1.807) is 35.9 Å². The van der Waals surface area contributed by atoms with Crippen molar-refractivity contribution in [1.82, 2.24) is 24.3 Å².